The van der Waals surface area contributed by atoms with Crippen LogP contribution < -0.4 is 19.3 Å². The van der Waals surface area contributed by atoms with E-state index in [1.54, 1.807) is 25.2 Å². The topological polar surface area (TPSA) is 93.2 Å². The average Bonchev–Trinajstić information content (AvgIpc) is 3.16. The lowest BCUT2D eigenvalue weighted by atomic mass is 9.75. The van der Waals surface area contributed by atoms with Crippen molar-refractivity contribution >= 4 is 29.5 Å². The molecule has 6 rings (SSSR count). The maximum atomic E-state index is 15.1. The molecule has 1 aliphatic carbocycles. The molecule has 1 aliphatic heterocycles. The first-order valence-electron chi connectivity index (χ1n) is 18.8. The molecule has 2 atom stereocenters. The molecule has 0 bridgehead atoms. The molecule has 0 saturated carbocycles. The number of rotatable bonds is 10. The van der Waals surface area contributed by atoms with Gasteiger partial charge < -0.3 is 28.9 Å². The number of hydrogen-bond donors (Lipinski definition) is 0. The molecule has 56 heavy (non-hydrogen) atoms. The molecule has 2 unspecified atom stereocenters. The molecule has 2 aromatic heterocycles. The number of methoxy groups -OCH3 is 2. The first-order valence-corrected chi connectivity index (χ1v) is 20.1. The Morgan fingerprint density at radius 2 is 1.45 bits per heavy atom. The number of carbonyl (C=O) groups is 1. The number of pyridine rings is 1. The van der Waals surface area contributed by atoms with E-state index in [0.717, 1.165) is 28.2 Å². The van der Waals surface area contributed by atoms with E-state index < -0.39 is 23.3 Å². The van der Waals surface area contributed by atoms with Crippen molar-refractivity contribution in [3.8, 4) is 11.5 Å². The van der Waals surface area contributed by atoms with Crippen molar-refractivity contribution in [3.05, 3.63) is 93.8 Å². The maximum absolute atomic E-state index is 15.1. The fourth-order valence-corrected chi connectivity index (χ4v) is 7.87. The zero-order valence-corrected chi connectivity index (χ0v) is 34.2. The van der Waals surface area contributed by atoms with E-state index in [1.165, 1.54) is 18.7 Å². The van der Waals surface area contributed by atoms with Crippen molar-refractivity contribution in [1.82, 2.24) is 19.9 Å². The minimum Gasteiger partial charge on any atom is -0.497 e. The van der Waals surface area contributed by atoms with E-state index in [1.807, 2.05) is 87.4 Å². The Hall–Kier alpha value is -4.72. The van der Waals surface area contributed by atoms with Gasteiger partial charge in [0, 0.05) is 50.7 Å². The first kappa shape index (κ1) is 40.9. The van der Waals surface area contributed by atoms with Gasteiger partial charge in [-0.25, -0.2) is 19.7 Å². The lowest BCUT2D eigenvalue weighted by molar-refractivity contribution is -0.139. The molecule has 4 aromatic rings. The van der Waals surface area contributed by atoms with Crippen LogP contribution in [0.5, 0.6) is 11.5 Å². The predicted molar refractivity (Wildman–Crippen MR) is 213 cm³/mol. The largest absolute Gasteiger partial charge is 0.497 e. The van der Waals surface area contributed by atoms with Crippen molar-refractivity contribution in [2.24, 2.45) is 5.92 Å². The average molecular weight is 793 g/mol. The van der Waals surface area contributed by atoms with E-state index >= 15 is 13.2 Å². The number of benzene rings is 2. The number of alkyl halides is 3. The zero-order valence-electron chi connectivity index (χ0n) is 33.4. The molecular weight excluding hydrogens is 742 g/mol. The number of carbonyl (C=O) groups excluding carboxylic acids is 1. The van der Waals surface area contributed by atoms with Gasteiger partial charge in [-0.3, -0.25) is 0 Å². The normalized spacial score (nSPS) is 17.3. The van der Waals surface area contributed by atoms with Gasteiger partial charge in [-0.05, 0) is 99.7 Å². The number of hydrogen-bond acceptors (Lipinski definition) is 10. The van der Waals surface area contributed by atoms with Gasteiger partial charge in [0.15, 0.2) is 5.16 Å². The van der Waals surface area contributed by atoms with Crippen LogP contribution in [0.15, 0.2) is 59.8 Å². The summed E-state index contributed by atoms with van der Waals surface area (Å²) in [6.45, 7) is 11.9. The number of aryl methyl sites for hydroxylation is 1. The molecule has 1 amide bonds. The molecule has 1 fully saturated rings. The second kappa shape index (κ2) is 16.8. The number of anilines is 2. The quantitative estimate of drug-likeness (QED) is 0.115. The molecule has 0 spiro atoms. The number of fused-ring (bicyclic) bond motifs is 1. The lowest BCUT2D eigenvalue weighted by Crippen LogP contribution is -2.50. The van der Waals surface area contributed by atoms with Gasteiger partial charge in [0.05, 0.1) is 31.2 Å². The van der Waals surface area contributed by atoms with Gasteiger partial charge in [-0.1, -0.05) is 43.0 Å². The highest BCUT2D eigenvalue weighted by molar-refractivity contribution is 7.98. The summed E-state index contributed by atoms with van der Waals surface area (Å²) in [6, 6.07) is 16.9. The Morgan fingerprint density at radius 3 is 1.95 bits per heavy atom. The molecule has 14 heteroatoms. The SMILES string of the molecule is COc1ccc(CN(Cc2ccc(OC)cc2)c2cc(C)c(C(F)(F)F)c(C3Cc4nc(SC)nc(N5CCN(C(=O)OC(C)(C)C)CC5)c4CC3C)n2)cc1. The van der Waals surface area contributed by atoms with Gasteiger partial charge in [-0.15, -0.1) is 0 Å². The van der Waals surface area contributed by atoms with Crippen LogP contribution in [0.2, 0.25) is 0 Å². The Bertz CT molecular complexity index is 1950. The first-order chi connectivity index (χ1) is 26.6. The summed E-state index contributed by atoms with van der Waals surface area (Å²) in [5, 5.41) is 0.556. The van der Waals surface area contributed by atoms with Crippen LogP contribution in [-0.2, 0) is 36.8 Å². The third kappa shape index (κ3) is 9.45. The van der Waals surface area contributed by atoms with E-state index in [2.05, 4.69) is 4.90 Å². The smallest absolute Gasteiger partial charge is 0.418 e. The Morgan fingerprint density at radius 1 is 0.875 bits per heavy atom. The summed E-state index contributed by atoms with van der Waals surface area (Å²) >= 11 is 1.40. The van der Waals surface area contributed by atoms with Gasteiger partial charge in [0.25, 0.3) is 0 Å². The van der Waals surface area contributed by atoms with Crippen LogP contribution in [0.3, 0.4) is 0 Å². The van der Waals surface area contributed by atoms with Crippen molar-refractivity contribution < 1.29 is 32.2 Å². The van der Waals surface area contributed by atoms with E-state index in [9.17, 15) is 4.79 Å². The second-order valence-electron chi connectivity index (χ2n) is 15.5. The van der Waals surface area contributed by atoms with Crippen LogP contribution in [0.1, 0.15) is 72.8 Å². The summed E-state index contributed by atoms with van der Waals surface area (Å²) in [7, 11) is 3.21. The molecule has 2 aliphatic rings. The molecule has 0 radical (unpaired) electrons. The summed E-state index contributed by atoms with van der Waals surface area (Å²) in [6.07, 6.45) is -2.30. The molecule has 10 nitrogen and oxygen atoms in total. The van der Waals surface area contributed by atoms with E-state index in [-0.39, 0.29) is 29.7 Å². The number of ether oxygens (including phenoxy) is 3. The number of thioether (sulfide) groups is 1. The van der Waals surface area contributed by atoms with Crippen LogP contribution >= 0.6 is 11.8 Å². The highest BCUT2D eigenvalue weighted by atomic mass is 32.2. The van der Waals surface area contributed by atoms with E-state index in [4.69, 9.17) is 29.2 Å². The van der Waals surface area contributed by atoms with Crippen LogP contribution in [0.25, 0.3) is 0 Å². The van der Waals surface area contributed by atoms with Crippen LogP contribution in [-0.4, -0.2) is 78.2 Å². The minimum atomic E-state index is -4.61. The van der Waals surface area contributed by atoms with Crippen molar-refractivity contribution in [2.45, 2.75) is 83.4 Å². The van der Waals surface area contributed by atoms with Crippen LogP contribution in [0.4, 0.5) is 29.6 Å². The highest BCUT2D eigenvalue weighted by Crippen LogP contribution is 2.45. The molecular formula is C42H51F3N6O4S. The molecule has 0 N–H and O–H groups in total. The maximum Gasteiger partial charge on any atom is 0.418 e. The van der Waals surface area contributed by atoms with Crippen LogP contribution in [0, 0.1) is 12.8 Å². The zero-order chi connectivity index (χ0) is 40.4. The Labute approximate surface area is 331 Å². The molecule has 1 saturated heterocycles. The van der Waals surface area contributed by atoms with Crippen molar-refractivity contribution in [1.29, 1.82) is 0 Å². The fourth-order valence-electron chi connectivity index (χ4n) is 7.49. The number of aromatic nitrogens is 3. The molecule has 2 aromatic carbocycles. The molecule has 3 heterocycles. The Balaban J connectivity index is 1.36. The van der Waals surface area contributed by atoms with Gasteiger partial charge in [0.2, 0.25) is 0 Å². The Kier molecular flexibility index (Phi) is 12.3. The van der Waals surface area contributed by atoms with Gasteiger partial charge in [-0.2, -0.15) is 13.2 Å². The fraction of sp³-hybridized carbons (Fsp3) is 0.476. The summed E-state index contributed by atoms with van der Waals surface area (Å²) in [5.41, 5.74) is 2.49. The highest BCUT2D eigenvalue weighted by Gasteiger charge is 2.42. The third-order valence-corrected chi connectivity index (χ3v) is 10.9. The van der Waals surface area contributed by atoms with Gasteiger partial charge >= 0.3 is 12.3 Å². The van der Waals surface area contributed by atoms with Crippen molar-refractivity contribution in [2.75, 3.05) is 56.5 Å². The monoisotopic (exact) mass is 792 g/mol. The van der Waals surface area contributed by atoms with Gasteiger partial charge in [0.1, 0.15) is 28.7 Å². The number of amides is 1. The lowest BCUT2D eigenvalue weighted by Gasteiger charge is -2.39. The third-order valence-electron chi connectivity index (χ3n) is 10.3. The van der Waals surface area contributed by atoms with Crippen molar-refractivity contribution in [3.63, 3.8) is 0 Å². The van der Waals surface area contributed by atoms with E-state index in [0.29, 0.717) is 68.2 Å². The number of halogens is 3. The molecule has 300 valence electrons. The summed E-state index contributed by atoms with van der Waals surface area (Å²) in [4.78, 5) is 33.4. The second-order valence-corrected chi connectivity index (χ2v) is 16.3. The minimum absolute atomic E-state index is 0.0388. The number of piperazine rings is 1. The standard InChI is InChI=1S/C42H51F3N6O4S/c1-26-21-33-34(46-39(56-8)48-38(33)49-17-19-50(20-18-49)40(52)55-41(3,4)5)23-32(26)37-36(42(43,44)45)27(2)22-35(47-37)51(24-28-9-13-30(53-6)14-10-28)25-29-11-15-31(54-7)16-12-29/h9-16,22,26,32H,17-21,23-25H2,1-8H3. The number of nitrogens with zero attached hydrogens (tertiary/aromatic N) is 6. The summed E-state index contributed by atoms with van der Waals surface area (Å²) < 4.78 is 61.7. The predicted octanol–water partition coefficient (Wildman–Crippen LogP) is 8.72. The summed E-state index contributed by atoms with van der Waals surface area (Å²) in [5.74, 6) is 1.93.